The molecule has 88 valence electrons. The fourth-order valence-electron chi connectivity index (χ4n) is 1.03. The van der Waals surface area contributed by atoms with E-state index in [-0.39, 0.29) is 5.56 Å². The molecule has 0 radical (unpaired) electrons. The Morgan fingerprint density at radius 2 is 2.19 bits per heavy atom. The molecule has 6 heteroatoms. The van der Waals surface area contributed by atoms with Crippen molar-refractivity contribution in [1.29, 1.82) is 0 Å². The Bertz CT molecular complexity index is 380. The molecule has 1 aromatic heterocycles. The Labute approximate surface area is 91.9 Å². The number of hydrogen-bond donors (Lipinski definition) is 3. The number of nitrogens with zero attached hydrogens (tertiary/aromatic N) is 1. The Hall–Kier alpha value is -1.53. The number of carbonyl (C=O) groups excluding carboxylic acids is 1. The van der Waals surface area contributed by atoms with E-state index >= 15 is 0 Å². The van der Waals surface area contributed by atoms with Gasteiger partial charge in [-0.2, -0.15) is 4.39 Å². The van der Waals surface area contributed by atoms with Gasteiger partial charge in [0.05, 0.1) is 24.3 Å². The van der Waals surface area contributed by atoms with Gasteiger partial charge in [0.25, 0.3) is 5.91 Å². The minimum Gasteiger partial charge on any atom is -0.394 e. The predicted octanol–water partition coefficient (Wildman–Crippen LogP) is -0.306. The van der Waals surface area contributed by atoms with Crippen molar-refractivity contribution < 1.29 is 19.4 Å². The number of aromatic nitrogens is 1. The molecule has 0 bridgehead atoms. The van der Waals surface area contributed by atoms with Crippen molar-refractivity contribution in [3.8, 4) is 0 Å². The normalized spacial score (nSPS) is 11.2. The first-order valence-electron chi connectivity index (χ1n) is 4.67. The van der Waals surface area contributed by atoms with E-state index in [0.717, 1.165) is 0 Å². The van der Waals surface area contributed by atoms with E-state index in [1.165, 1.54) is 25.3 Å². The highest BCUT2D eigenvalue weighted by molar-refractivity contribution is 5.94. The van der Waals surface area contributed by atoms with E-state index in [2.05, 4.69) is 10.3 Å². The summed E-state index contributed by atoms with van der Waals surface area (Å²) < 4.78 is 13.1. The lowest BCUT2D eigenvalue weighted by Crippen LogP contribution is -2.51. The maximum atomic E-state index is 13.1. The van der Waals surface area contributed by atoms with Gasteiger partial charge in [-0.3, -0.25) is 4.79 Å². The van der Waals surface area contributed by atoms with Crippen LogP contribution in [-0.2, 0) is 0 Å². The monoisotopic (exact) mass is 228 g/mol. The fraction of sp³-hybridized carbons (Fsp3) is 0.400. The van der Waals surface area contributed by atoms with Crippen molar-refractivity contribution >= 4 is 5.91 Å². The average Bonchev–Trinajstić information content (AvgIpc) is 2.29. The van der Waals surface area contributed by atoms with Gasteiger partial charge < -0.3 is 15.5 Å². The van der Waals surface area contributed by atoms with Gasteiger partial charge in [0.2, 0.25) is 5.95 Å². The van der Waals surface area contributed by atoms with Crippen LogP contribution in [-0.4, -0.2) is 39.9 Å². The third-order valence-electron chi connectivity index (χ3n) is 2.12. The standard InChI is InChI=1S/C10H13FN2O3/c1-10(5-14,6-15)13-9(16)7-3-2-4-12-8(7)11/h2-4,14-15H,5-6H2,1H3,(H,13,16). The summed E-state index contributed by atoms with van der Waals surface area (Å²) in [6, 6.07) is 2.69. The summed E-state index contributed by atoms with van der Waals surface area (Å²) in [4.78, 5) is 14.9. The third-order valence-corrected chi connectivity index (χ3v) is 2.12. The van der Waals surface area contributed by atoms with E-state index in [4.69, 9.17) is 10.2 Å². The maximum Gasteiger partial charge on any atom is 0.256 e. The molecule has 0 saturated carbocycles. The lowest BCUT2D eigenvalue weighted by Gasteiger charge is -2.26. The van der Waals surface area contributed by atoms with Crippen LogP contribution in [0.5, 0.6) is 0 Å². The summed E-state index contributed by atoms with van der Waals surface area (Å²) in [5, 5.41) is 20.3. The van der Waals surface area contributed by atoms with E-state index in [1.807, 2.05) is 0 Å². The second-order valence-electron chi connectivity index (χ2n) is 3.67. The van der Waals surface area contributed by atoms with E-state index in [9.17, 15) is 9.18 Å². The van der Waals surface area contributed by atoms with Crippen LogP contribution in [0.15, 0.2) is 18.3 Å². The van der Waals surface area contributed by atoms with Crippen molar-refractivity contribution in [1.82, 2.24) is 10.3 Å². The zero-order valence-electron chi connectivity index (χ0n) is 8.77. The topological polar surface area (TPSA) is 82.5 Å². The summed E-state index contributed by atoms with van der Waals surface area (Å²) in [7, 11) is 0. The molecule has 0 unspecified atom stereocenters. The molecule has 1 amide bonds. The average molecular weight is 228 g/mol. The summed E-state index contributed by atoms with van der Waals surface area (Å²) in [6.45, 7) is 0.549. The van der Waals surface area contributed by atoms with Crippen LogP contribution < -0.4 is 5.32 Å². The number of halogens is 1. The van der Waals surface area contributed by atoms with Crippen LogP contribution in [0.25, 0.3) is 0 Å². The van der Waals surface area contributed by atoms with Gasteiger partial charge in [0, 0.05) is 6.20 Å². The molecule has 0 aromatic carbocycles. The minimum atomic E-state index is -1.18. The first-order valence-corrected chi connectivity index (χ1v) is 4.67. The molecule has 0 fully saturated rings. The number of hydrogen-bond acceptors (Lipinski definition) is 4. The quantitative estimate of drug-likeness (QED) is 0.617. The minimum absolute atomic E-state index is 0.226. The lowest BCUT2D eigenvalue weighted by molar-refractivity contribution is 0.0719. The van der Waals surface area contributed by atoms with Crippen molar-refractivity contribution in [3.05, 3.63) is 29.8 Å². The van der Waals surface area contributed by atoms with Crippen LogP contribution in [0.4, 0.5) is 4.39 Å². The molecule has 0 spiro atoms. The van der Waals surface area contributed by atoms with Gasteiger partial charge in [-0.05, 0) is 19.1 Å². The highest BCUT2D eigenvalue weighted by atomic mass is 19.1. The number of aliphatic hydroxyl groups is 2. The summed E-state index contributed by atoms with van der Waals surface area (Å²) in [5.74, 6) is -1.62. The Morgan fingerprint density at radius 1 is 1.56 bits per heavy atom. The molecule has 0 aliphatic rings. The Balaban J connectivity index is 2.84. The van der Waals surface area contributed by atoms with Crippen LogP contribution in [0, 0.1) is 5.95 Å². The van der Waals surface area contributed by atoms with Gasteiger partial charge in [0.1, 0.15) is 0 Å². The Morgan fingerprint density at radius 3 is 2.69 bits per heavy atom. The third kappa shape index (κ3) is 2.74. The van der Waals surface area contributed by atoms with Crippen molar-refractivity contribution in [2.24, 2.45) is 0 Å². The van der Waals surface area contributed by atoms with E-state index in [0.29, 0.717) is 0 Å². The second kappa shape index (κ2) is 5.00. The molecule has 1 aromatic rings. The summed E-state index contributed by atoms with van der Waals surface area (Å²) in [6.07, 6.45) is 1.23. The summed E-state index contributed by atoms with van der Waals surface area (Å²) in [5.41, 5.74) is -1.41. The second-order valence-corrected chi connectivity index (χ2v) is 3.67. The molecule has 3 N–H and O–H groups in total. The molecular formula is C10H13FN2O3. The van der Waals surface area contributed by atoms with Crippen LogP contribution in [0.3, 0.4) is 0 Å². The molecule has 1 heterocycles. The highest BCUT2D eigenvalue weighted by Crippen LogP contribution is 2.07. The molecule has 0 aliphatic heterocycles. The first kappa shape index (κ1) is 12.5. The van der Waals surface area contributed by atoms with E-state index < -0.39 is 30.6 Å². The lowest BCUT2D eigenvalue weighted by atomic mass is 10.0. The van der Waals surface area contributed by atoms with Gasteiger partial charge in [0.15, 0.2) is 0 Å². The van der Waals surface area contributed by atoms with Gasteiger partial charge in [-0.15, -0.1) is 0 Å². The SMILES string of the molecule is CC(CO)(CO)NC(=O)c1cccnc1F. The highest BCUT2D eigenvalue weighted by Gasteiger charge is 2.26. The number of pyridine rings is 1. The molecule has 1 rings (SSSR count). The molecular weight excluding hydrogens is 215 g/mol. The van der Waals surface area contributed by atoms with Crippen LogP contribution >= 0.6 is 0 Å². The zero-order valence-corrected chi connectivity index (χ0v) is 8.77. The predicted molar refractivity (Wildman–Crippen MR) is 54.2 cm³/mol. The smallest absolute Gasteiger partial charge is 0.256 e. The van der Waals surface area contributed by atoms with Crippen LogP contribution in [0.2, 0.25) is 0 Å². The van der Waals surface area contributed by atoms with Gasteiger partial charge in [-0.25, -0.2) is 4.98 Å². The maximum absolute atomic E-state index is 13.1. The van der Waals surface area contributed by atoms with Crippen LogP contribution in [0.1, 0.15) is 17.3 Å². The molecule has 16 heavy (non-hydrogen) atoms. The Kier molecular flexibility index (Phi) is 3.92. The van der Waals surface area contributed by atoms with Crippen molar-refractivity contribution in [2.75, 3.05) is 13.2 Å². The molecule has 0 saturated heterocycles. The largest absolute Gasteiger partial charge is 0.394 e. The molecule has 0 atom stereocenters. The first-order chi connectivity index (χ1) is 7.52. The van der Waals surface area contributed by atoms with Crippen molar-refractivity contribution in [3.63, 3.8) is 0 Å². The number of aliphatic hydroxyl groups excluding tert-OH is 2. The number of carbonyl (C=O) groups is 1. The fourth-order valence-corrected chi connectivity index (χ4v) is 1.03. The summed E-state index contributed by atoms with van der Waals surface area (Å²) >= 11 is 0. The van der Waals surface area contributed by atoms with Gasteiger partial charge >= 0.3 is 0 Å². The van der Waals surface area contributed by atoms with E-state index in [1.54, 1.807) is 0 Å². The van der Waals surface area contributed by atoms with Crippen molar-refractivity contribution in [2.45, 2.75) is 12.5 Å². The molecule has 5 nitrogen and oxygen atoms in total. The molecule has 0 aliphatic carbocycles. The number of nitrogens with one attached hydrogen (secondary N) is 1. The zero-order chi connectivity index (χ0) is 12.2. The number of amides is 1. The number of rotatable bonds is 4. The van der Waals surface area contributed by atoms with Gasteiger partial charge in [-0.1, -0.05) is 0 Å².